The highest BCUT2D eigenvalue weighted by Gasteiger charge is 2.43. The first kappa shape index (κ1) is 21.4. The number of methoxy groups -OCH3 is 1. The number of aliphatic hydroxyl groups excluding tert-OH is 1. The standard InChI is InChI=1S/C22H28O7/c1-13-7-5-10-18-20(29-22(2,3)28-18)16(23)9-6-8-14-11-15(26-4)12-17(24)19(14)21(25)27-13/h5-6,8,10-13,16,18,20,23-24H,7,9H2,1-4H3/t13-,16-,18-,20-/m0/s1. The average molecular weight is 404 g/mol. The predicted octanol–water partition coefficient (Wildman–Crippen LogP) is 3.19. The highest BCUT2D eigenvalue weighted by Crippen LogP contribution is 2.33. The minimum Gasteiger partial charge on any atom is -0.507 e. The molecule has 7 heteroatoms. The van der Waals surface area contributed by atoms with E-state index >= 15 is 0 Å². The van der Waals surface area contributed by atoms with E-state index in [1.165, 1.54) is 13.2 Å². The van der Waals surface area contributed by atoms with E-state index in [1.54, 1.807) is 39.0 Å². The van der Waals surface area contributed by atoms with Crippen molar-refractivity contribution in [1.29, 1.82) is 0 Å². The van der Waals surface area contributed by atoms with Gasteiger partial charge in [0, 0.05) is 12.5 Å². The van der Waals surface area contributed by atoms with Crippen molar-refractivity contribution in [3.8, 4) is 11.5 Å². The van der Waals surface area contributed by atoms with Crippen molar-refractivity contribution in [3.63, 3.8) is 0 Å². The first-order valence-electron chi connectivity index (χ1n) is 9.69. The highest BCUT2D eigenvalue weighted by molar-refractivity contribution is 5.97. The fourth-order valence-electron chi connectivity index (χ4n) is 3.52. The SMILES string of the molecule is COc1cc(O)c2c(c1)C=CC[C@H](O)[C@@H]1OC(C)(C)O[C@H]1C=CC[C@H](C)OC2=O. The Morgan fingerprint density at radius 2 is 1.93 bits per heavy atom. The minimum atomic E-state index is -0.808. The van der Waals surface area contributed by atoms with Gasteiger partial charge in [-0.1, -0.05) is 24.3 Å². The molecule has 2 aliphatic rings. The molecule has 4 atom stereocenters. The Kier molecular flexibility index (Phi) is 6.31. The summed E-state index contributed by atoms with van der Waals surface area (Å²) in [5.41, 5.74) is 0.503. The number of benzene rings is 1. The zero-order chi connectivity index (χ0) is 21.2. The van der Waals surface area contributed by atoms with Crippen LogP contribution < -0.4 is 4.74 Å². The van der Waals surface area contributed by atoms with Gasteiger partial charge in [0.05, 0.1) is 13.2 Å². The summed E-state index contributed by atoms with van der Waals surface area (Å²) >= 11 is 0. The number of rotatable bonds is 1. The number of carbonyl (C=O) groups is 1. The van der Waals surface area contributed by atoms with Crippen LogP contribution in [0.2, 0.25) is 0 Å². The Balaban J connectivity index is 1.97. The molecule has 2 N–H and O–H groups in total. The van der Waals surface area contributed by atoms with Gasteiger partial charge in [-0.25, -0.2) is 4.79 Å². The van der Waals surface area contributed by atoms with Crippen molar-refractivity contribution in [2.75, 3.05) is 7.11 Å². The fraction of sp³-hybridized carbons (Fsp3) is 0.500. The van der Waals surface area contributed by atoms with Crippen LogP contribution in [-0.4, -0.2) is 53.5 Å². The van der Waals surface area contributed by atoms with Crippen molar-refractivity contribution < 1.29 is 34.0 Å². The Hall–Kier alpha value is -2.35. The lowest BCUT2D eigenvalue weighted by molar-refractivity contribution is -0.153. The molecule has 0 aliphatic carbocycles. The molecule has 0 spiro atoms. The van der Waals surface area contributed by atoms with Crippen LogP contribution in [-0.2, 0) is 14.2 Å². The van der Waals surface area contributed by atoms with Crippen LogP contribution >= 0.6 is 0 Å². The van der Waals surface area contributed by atoms with E-state index in [9.17, 15) is 15.0 Å². The van der Waals surface area contributed by atoms with Gasteiger partial charge in [-0.3, -0.25) is 0 Å². The molecule has 0 radical (unpaired) electrons. The third-order valence-corrected chi connectivity index (χ3v) is 4.88. The lowest BCUT2D eigenvalue weighted by atomic mass is 10.0. The normalized spacial score (nSPS) is 29.5. The summed E-state index contributed by atoms with van der Waals surface area (Å²) in [6.07, 6.45) is 5.64. The van der Waals surface area contributed by atoms with Crippen LogP contribution in [0.5, 0.6) is 11.5 Å². The van der Waals surface area contributed by atoms with Crippen LogP contribution in [0, 0.1) is 0 Å². The molecule has 7 nitrogen and oxygen atoms in total. The maximum Gasteiger partial charge on any atom is 0.342 e. The van der Waals surface area contributed by atoms with Crippen molar-refractivity contribution in [2.24, 2.45) is 0 Å². The maximum absolute atomic E-state index is 12.7. The van der Waals surface area contributed by atoms with E-state index in [0.717, 1.165) is 0 Å². The van der Waals surface area contributed by atoms with E-state index < -0.39 is 36.2 Å². The lowest BCUT2D eigenvalue weighted by Gasteiger charge is -2.21. The number of cyclic esters (lactones) is 1. The molecule has 1 aromatic rings. The monoisotopic (exact) mass is 404 g/mol. The third-order valence-electron chi connectivity index (χ3n) is 4.88. The zero-order valence-electron chi connectivity index (χ0n) is 17.1. The average Bonchev–Trinajstić information content (AvgIpc) is 2.95. The second-order valence-corrected chi connectivity index (χ2v) is 7.76. The summed E-state index contributed by atoms with van der Waals surface area (Å²) in [5, 5.41) is 21.0. The molecular formula is C22H28O7. The number of hydrogen-bond donors (Lipinski definition) is 2. The topological polar surface area (TPSA) is 94.5 Å². The smallest absolute Gasteiger partial charge is 0.342 e. The number of carbonyl (C=O) groups excluding carboxylic acids is 1. The van der Waals surface area contributed by atoms with Crippen molar-refractivity contribution in [1.82, 2.24) is 0 Å². The molecular weight excluding hydrogens is 376 g/mol. The molecule has 3 rings (SSSR count). The number of esters is 1. The molecule has 2 aliphatic heterocycles. The van der Waals surface area contributed by atoms with Gasteiger partial charge >= 0.3 is 5.97 Å². The second-order valence-electron chi connectivity index (χ2n) is 7.76. The number of hydrogen-bond acceptors (Lipinski definition) is 7. The second kappa shape index (κ2) is 8.57. The molecule has 0 aromatic heterocycles. The van der Waals surface area contributed by atoms with Crippen LogP contribution in [0.15, 0.2) is 30.4 Å². The van der Waals surface area contributed by atoms with Crippen LogP contribution in [0.3, 0.4) is 0 Å². The molecule has 1 fully saturated rings. The Bertz CT molecular complexity index is 812. The molecule has 0 saturated carbocycles. The van der Waals surface area contributed by atoms with Crippen molar-refractivity contribution in [2.45, 2.75) is 63.8 Å². The molecule has 0 unspecified atom stereocenters. The number of aromatic hydroxyl groups is 1. The van der Waals surface area contributed by atoms with E-state index in [2.05, 4.69) is 0 Å². The Morgan fingerprint density at radius 1 is 1.17 bits per heavy atom. The minimum absolute atomic E-state index is 0.0592. The van der Waals surface area contributed by atoms with Gasteiger partial charge in [-0.05, 0) is 38.8 Å². The predicted molar refractivity (Wildman–Crippen MR) is 107 cm³/mol. The number of phenolic OH excluding ortho intramolecular Hbond substituents is 1. The molecule has 1 aromatic carbocycles. The van der Waals surface area contributed by atoms with Crippen molar-refractivity contribution in [3.05, 3.63) is 41.5 Å². The largest absolute Gasteiger partial charge is 0.507 e. The lowest BCUT2D eigenvalue weighted by Crippen LogP contribution is -2.34. The summed E-state index contributed by atoms with van der Waals surface area (Å²) in [6, 6.07) is 3.00. The summed E-state index contributed by atoms with van der Waals surface area (Å²) in [5.74, 6) is -1.24. The van der Waals surface area contributed by atoms with Gasteiger partial charge < -0.3 is 29.2 Å². The van der Waals surface area contributed by atoms with E-state index in [1.807, 2.05) is 12.2 Å². The van der Waals surface area contributed by atoms with Crippen molar-refractivity contribution >= 4 is 12.0 Å². The number of fused-ring (bicyclic) bond motifs is 2. The molecule has 158 valence electrons. The van der Waals surface area contributed by atoms with Gasteiger partial charge in [-0.2, -0.15) is 0 Å². The molecule has 29 heavy (non-hydrogen) atoms. The van der Waals surface area contributed by atoms with E-state index in [4.69, 9.17) is 18.9 Å². The number of phenols is 1. The summed E-state index contributed by atoms with van der Waals surface area (Å²) < 4.78 is 22.5. The number of aliphatic hydroxyl groups is 1. The third kappa shape index (κ3) is 4.98. The molecule has 0 amide bonds. The zero-order valence-corrected chi connectivity index (χ0v) is 17.1. The first-order chi connectivity index (χ1) is 13.7. The number of ether oxygens (including phenoxy) is 4. The molecule has 1 saturated heterocycles. The summed E-state index contributed by atoms with van der Waals surface area (Å²) in [7, 11) is 1.48. The van der Waals surface area contributed by atoms with Gasteiger partial charge in [-0.15, -0.1) is 0 Å². The molecule has 2 heterocycles. The van der Waals surface area contributed by atoms with Gasteiger partial charge in [0.15, 0.2) is 5.79 Å². The van der Waals surface area contributed by atoms with Gasteiger partial charge in [0.1, 0.15) is 35.4 Å². The van der Waals surface area contributed by atoms with E-state index in [0.29, 0.717) is 17.7 Å². The van der Waals surface area contributed by atoms with Crippen LogP contribution in [0.25, 0.3) is 6.08 Å². The summed E-state index contributed by atoms with van der Waals surface area (Å²) in [4.78, 5) is 12.7. The molecule has 0 bridgehead atoms. The van der Waals surface area contributed by atoms with Crippen LogP contribution in [0.1, 0.15) is 49.5 Å². The Labute approximate surface area is 170 Å². The summed E-state index contributed by atoms with van der Waals surface area (Å²) in [6.45, 7) is 5.38. The van der Waals surface area contributed by atoms with Gasteiger partial charge in [0.25, 0.3) is 0 Å². The highest BCUT2D eigenvalue weighted by atomic mass is 16.8. The first-order valence-corrected chi connectivity index (χ1v) is 9.69. The maximum atomic E-state index is 12.7. The Morgan fingerprint density at radius 3 is 2.66 bits per heavy atom. The van der Waals surface area contributed by atoms with Crippen LogP contribution in [0.4, 0.5) is 0 Å². The fourth-order valence-corrected chi connectivity index (χ4v) is 3.52. The van der Waals surface area contributed by atoms with Gasteiger partial charge in [0.2, 0.25) is 0 Å². The van der Waals surface area contributed by atoms with E-state index in [-0.39, 0.29) is 17.7 Å². The quantitative estimate of drug-likeness (QED) is 0.548.